The van der Waals surface area contributed by atoms with Crippen molar-refractivity contribution in [3.63, 3.8) is 0 Å². The Hall–Kier alpha value is -2.09. The van der Waals surface area contributed by atoms with Crippen LogP contribution in [0.25, 0.3) is 0 Å². The van der Waals surface area contributed by atoms with E-state index in [0.717, 1.165) is 12.8 Å². The zero-order valence-electron chi connectivity index (χ0n) is 9.87. The minimum Gasteiger partial charge on any atom is -0.381 e. The number of rotatable bonds is 2. The predicted molar refractivity (Wildman–Crippen MR) is 65.4 cm³/mol. The van der Waals surface area contributed by atoms with Gasteiger partial charge in [-0.3, -0.25) is 4.79 Å². The fraction of sp³-hybridized carbons (Fsp3) is 0.385. The van der Waals surface area contributed by atoms with Gasteiger partial charge in [-0.25, -0.2) is 4.39 Å². The Morgan fingerprint density at radius 2 is 2.33 bits per heavy atom. The Balaban J connectivity index is 2.16. The lowest BCUT2D eigenvalue weighted by molar-refractivity contribution is -0.120. The summed E-state index contributed by atoms with van der Waals surface area (Å²) in [6.45, 7) is 0.672. The number of hydrogen-bond donors (Lipinski definition) is 2. The summed E-state index contributed by atoms with van der Waals surface area (Å²) >= 11 is 0. The van der Waals surface area contributed by atoms with Gasteiger partial charge in [-0.1, -0.05) is 6.07 Å². The lowest BCUT2D eigenvalue weighted by Gasteiger charge is -2.17. The van der Waals surface area contributed by atoms with E-state index < -0.39 is 5.82 Å². The zero-order chi connectivity index (χ0) is 13.0. The minimum atomic E-state index is -0.541. The van der Waals surface area contributed by atoms with E-state index in [1.165, 1.54) is 6.07 Å². The maximum absolute atomic E-state index is 13.4. The molecule has 1 aromatic carbocycles. The third kappa shape index (κ3) is 2.77. The molecule has 1 amide bonds. The summed E-state index contributed by atoms with van der Waals surface area (Å²) in [6, 6.07) is 6.25. The monoisotopic (exact) mass is 247 g/mol. The first-order chi connectivity index (χ1) is 8.70. The predicted octanol–water partition coefficient (Wildman–Crippen LogP) is 1.78. The molecule has 0 saturated carbocycles. The summed E-state index contributed by atoms with van der Waals surface area (Å²) in [5, 5.41) is 14.8. The number of nitrogens with one attached hydrogen (secondary N) is 2. The van der Waals surface area contributed by atoms with Gasteiger partial charge in [0.05, 0.1) is 5.69 Å². The average Bonchev–Trinajstić information content (AvgIpc) is 2.54. The van der Waals surface area contributed by atoms with Crippen LogP contribution < -0.4 is 10.6 Å². The van der Waals surface area contributed by atoms with Gasteiger partial charge in [0.1, 0.15) is 17.4 Å². The molecule has 0 aliphatic carbocycles. The van der Waals surface area contributed by atoms with Crippen molar-refractivity contribution in [1.29, 1.82) is 5.26 Å². The number of nitriles is 1. The third-order valence-electron chi connectivity index (χ3n) is 2.97. The molecule has 1 fully saturated rings. The maximum atomic E-state index is 13.4. The molecule has 1 aliphatic rings. The molecule has 18 heavy (non-hydrogen) atoms. The highest BCUT2D eigenvalue weighted by molar-refractivity contribution is 5.77. The van der Waals surface area contributed by atoms with Gasteiger partial charge in [-0.05, 0) is 25.0 Å². The van der Waals surface area contributed by atoms with Crippen LogP contribution in [-0.2, 0) is 4.79 Å². The number of carbonyl (C=O) groups excluding carboxylic acids is 1. The molecule has 5 heteroatoms. The minimum absolute atomic E-state index is 0.00200. The Labute approximate surface area is 105 Å². The highest BCUT2D eigenvalue weighted by Crippen LogP contribution is 2.21. The van der Waals surface area contributed by atoms with Crippen molar-refractivity contribution in [2.24, 2.45) is 0 Å². The second kappa shape index (κ2) is 5.50. The Morgan fingerprint density at radius 1 is 1.50 bits per heavy atom. The Morgan fingerprint density at radius 3 is 3.11 bits per heavy atom. The lowest BCUT2D eigenvalue weighted by atomic mass is 10.1. The van der Waals surface area contributed by atoms with Gasteiger partial charge in [-0.15, -0.1) is 0 Å². The molecule has 0 bridgehead atoms. The third-order valence-corrected chi connectivity index (χ3v) is 2.97. The van der Waals surface area contributed by atoms with E-state index >= 15 is 0 Å². The molecule has 1 heterocycles. The fourth-order valence-corrected chi connectivity index (χ4v) is 2.08. The maximum Gasteiger partial charge on any atom is 0.222 e. The Kier molecular flexibility index (Phi) is 3.78. The van der Waals surface area contributed by atoms with Crippen molar-refractivity contribution in [2.75, 3.05) is 11.9 Å². The molecular weight excluding hydrogens is 233 g/mol. The molecule has 1 atom stereocenters. The van der Waals surface area contributed by atoms with Gasteiger partial charge in [0, 0.05) is 19.0 Å². The number of nitrogens with zero attached hydrogens (tertiary/aromatic N) is 1. The van der Waals surface area contributed by atoms with Crippen LogP contribution in [0.15, 0.2) is 18.2 Å². The molecular formula is C13H14FN3O. The zero-order valence-corrected chi connectivity index (χ0v) is 9.87. The van der Waals surface area contributed by atoms with Crippen molar-refractivity contribution in [3.05, 3.63) is 29.6 Å². The highest BCUT2D eigenvalue weighted by Gasteiger charge is 2.18. The van der Waals surface area contributed by atoms with E-state index in [9.17, 15) is 9.18 Å². The Bertz CT molecular complexity index is 495. The molecule has 4 nitrogen and oxygen atoms in total. The van der Waals surface area contributed by atoms with Crippen LogP contribution in [-0.4, -0.2) is 18.5 Å². The standard InChI is InChI=1S/C13H14FN3O/c14-11-4-1-5-12(10(11)8-15)17-9-3-2-6-16-13(18)7-9/h1,4-5,9,17H,2-3,6-7H2,(H,16,18). The molecule has 1 aromatic rings. The topological polar surface area (TPSA) is 64.9 Å². The largest absolute Gasteiger partial charge is 0.381 e. The van der Waals surface area contributed by atoms with Crippen molar-refractivity contribution < 1.29 is 9.18 Å². The number of benzene rings is 1. The van der Waals surface area contributed by atoms with E-state index in [1.807, 2.05) is 6.07 Å². The second-order valence-electron chi connectivity index (χ2n) is 4.31. The van der Waals surface area contributed by atoms with Gasteiger partial charge < -0.3 is 10.6 Å². The quantitative estimate of drug-likeness (QED) is 0.837. The van der Waals surface area contributed by atoms with E-state index in [2.05, 4.69) is 10.6 Å². The number of hydrogen-bond acceptors (Lipinski definition) is 3. The second-order valence-corrected chi connectivity index (χ2v) is 4.31. The number of anilines is 1. The summed E-state index contributed by atoms with van der Waals surface area (Å²) in [7, 11) is 0. The molecule has 1 aliphatic heterocycles. The highest BCUT2D eigenvalue weighted by atomic mass is 19.1. The molecule has 0 spiro atoms. The van der Waals surface area contributed by atoms with E-state index in [-0.39, 0.29) is 17.5 Å². The summed E-state index contributed by atoms with van der Waals surface area (Å²) in [5.74, 6) is -0.555. The number of halogens is 1. The van der Waals surface area contributed by atoms with E-state index in [0.29, 0.717) is 18.7 Å². The van der Waals surface area contributed by atoms with Crippen molar-refractivity contribution in [1.82, 2.24) is 5.32 Å². The van der Waals surface area contributed by atoms with Crippen LogP contribution in [0.2, 0.25) is 0 Å². The van der Waals surface area contributed by atoms with Crippen molar-refractivity contribution in [2.45, 2.75) is 25.3 Å². The van der Waals surface area contributed by atoms with Crippen LogP contribution in [0, 0.1) is 17.1 Å². The molecule has 1 unspecified atom stereocenters. The first-order valence-electron chi connectivity index (χ1n) is 5.92. The summed E-state index contributed by atoms with van der Waals surface area (Å²) in [6.07, 6.45) is 2.04. The van der Waals surface area contributed by atoms with Gasteiger partial charge in [0.25, 0.3) is 0 Å². The average molecular weight is 247 g/mol. The van der Waals surface area contributed by atoms with Gasteiger partial charge >= 0.3 is 0 Å². The van der Waals surface area contributed by atoms with Crippen LogP contribution in [0.3, 0.4) is 0 Å². The normalized spacial score (nSPS) is 19.6. The number of carbonyl (C=O) groups is 1. The van der Waals surface area contributed by atoms with Crippen molar-refractivity contribution in [3.8, 4) is 6.07 Å². The summed E-state index contributed by atoms with van der Waals surface area (Å²) in [5.41, 5.74) is 0.458. The molecule has 2 N–H and O–H groups in total. The summed E-state index contributed by atoms with van der Waals surface area (Å²) in [4.78, 5) is 11.4. The smallest absolute Gasteiger partial charge is 0.222 e. The molecule has 0 radical (unpaired) electrons. The van der Waals surface area contributed by atoms with E-state index in [4.69, 9.17) is 5.26 Å². The van der Waals surface area contributed by atoms with Crippen LogP contribution in [0.4, 0.5) is 10.1 Å². The van der Waals surface area contributed by atoms with Gasteiger partial charge in [0.15, 0.2) is 0 Å². The molecule has 1 saturated heterocycles. The molecule has 2 rings (SSSR count). The fourth-order valence-electron chi connectivity index (χ4n) is 2.08. The van der Waals surface area contributed by atoms with Crippen LogP contribution in [0.1, 0.15) is 24.8 Å². The lowest BCUT2D eigenvalue weighted by Crippen LogP contribution is -2.27. The van der Waals surface area contributed by atoms with Gasteiger partial charge in [-0.2, -0.15) is 5.26 Å². The SMILES string of the molecule is N#Cc1c(F)cccc1NC1CCCNC(=O)C1. The molecule has 0 aromatic heterocycles. The first-order valence-corrected chi connectivity index (χ1v) is 5.92. The van der Waals surface area contributed by atoms with Crippen LogP contribution >= 0.6 is 0 Å². The number of amides is 1. The first kappa shape index (κ1) is 12.4. The molecule has 94 valence electrons. The van der Waals surface area contributed by atoms with E-state index in [1.54, 1.807) is 12.1 Å². The van der Waals surface area contributed by atoms with Crippen molar-refractivity contribution >= 4 is 11.6 Å². The van der Waals surface area contributed by atoms with Gasteiger partial charge in [0.2, 0.25) is 5.91 Å². The van der Waals surface area contributed by atoms with Crippen LogP contribution in [0.5, 0.6) is 0 Å². The summed E-state index contributed by atoms with van der Waals surface area (Å²) < 4.78 is 13.4.